The molecular weight excluding hydrogens is 178 g/mol. The van der Waals surface area contributed by atoms with Crippen molar-refractivity contribution in [2.75, 3.05) is 0 Å². The first-order chi connectivity index (χ1) is 6.86. The first-order valence-electron chi connectivity index (χ1n) is 4.46. The molecule has 0 aliphatic rings. The zero-order chi connectivity index (χ0) is 9.80. The van der Waals surface area contributed by atoms with Crippen molar-refractivity contribution in [1.82, 2.24) is 4.98 Å². The van der Waals surface area contributed by atoms with Crippen molar-refractivity contribution < 1.29 is 9.52 Å². The Hall–Kier alpha value is -1.61. The maximum Gasteiger partial charge on any atom is 0.132 e. The first-order valence-corrected chi connectivity index (χ1v) is 4.46. The van der Waals surface area contributed by atoms with Crippen LogP contribution < -0.4 is 0 Å². The summed E-state index contributed by atoms with van der Waals surface area (Å²) >= 11 is 0. The minimum Gasteiger partial charge on any atom is -0.467 e. The van der Waals surface area contributed by atoms with Gasteiger partial charge in [-0.15, -0.1) is 0 Å². The minimum absolute atomic E-state index is 0.529. The van der Waals surface area contributed by atoms with Gasteiger partial charge in [-0.1, -0.05) is 6.07 Å². The Morgan fingerprint density at radius 3 is 2.93 bits per heavy atom. The number of pyridine rings is 1. The molecule has 3 heteroatoms. The Kier molecular flexibility index (Phi) is 2.60. The average Bonchev–Trinajstić information content (AvgIpc) is 2.72. The number of aromatic nitrogens is 1. The van der Waals surface area contributed by atoms with Gasteiger partial charge >= 0.3 is 0 Å². The molecule has 2 rings (SSSR count). The molecule has 0 saturated heterocycles. The fourth-order valence-electron chi connectivity index (χ4n) is 1.32. The third-order valence-electron chi connectivity index (χ3n) is 2.02. The van der Waals surface area contributed by atoms with E-state index in [1.54, 1.807) is 30.8 Å². The summed E-state index contributed by atoms with van der Waals surface area (Å²) in [5.41, 5.74) is 0.997. The van der Waals surface area contributed by atoms with E-state index in [2.05, 4.69) is 4.98 Å². The van der Waals surface area contributed by atoms with Gasteiger partial charge < -0.3 is 9.52 Å². The van der Waals surface area contributed by atoms with Gasteiger partial charge in [0.1, 0.15) is 11.9 Å². The standard InChI is InChI=1S/C11H11NO2/c13-10(11-4-2-6-14-11)7-9-3-1-5-12-8-9/h1-6,8,10,13H,7H2. The maximum absolute atomic E-state index is 9.74. The molecular formula is C11H11NO2. The number of hydrogen-bond acceptors (Lipinski definition) is 3. The van der Waals surface area contributed by atoms with Gasteiger partial charge in [0.15, 0.2) is 0 Å². The van der Waals surface area contributed by atoms with Gasteiger partial charge in [0.2, 0.25) is 0 Å². The predicted molar refractivity (Wildman–Crippen MR) is 51.6 cm³/mol. The van der Waals surface area contributed by atoms with Gasteiger partial charge in [-0.25, -0.2) is 0 Å². The monoisotopic (exact) mass is 189 g/mol. The second kappa shape index (κ2) is 4.07. The number of rotatable bonds is 3. The predicted octanol–water partition coefficient (Wildman–Crippen LogP) is 1.95. The van der Waals surface area contributed by atoms with Crippen LogP contribution >= 0.6 is 0 Å². The number of aliphatic hydroxyl groups excluding tert-OH is 1. The molecule has 0 spiro atoms. The van der Waals surface area contributed by atoms with Crippen molar-refractivity contribution in [2.24, 2.45) is 0 Å². The van der Waals surface area contributed by atoms with Crippen molar-refractivity contribution in [1.29, 1.82) is 0 Å². The molecule has 14 heavy (non-hydrogen) atoms. The van der Waals surface area contributed by atoms with Crippen molar-refractivity contribution in [3.8, 4) is 0 Å². The lowest BCUT2D eigenvalue weighted by Crippen LogP contribution is -2.00. The molecule has 1 N–H and O–H groups in total. The molecule has 0 aliphatic carbocycles. The number of aliphatic hydroxyl groups is 1. The van der Waals surface area contributed by atoms with E-state index in [-0.39, 0.29) is 0 Å². The van der Waals surface area contributed by atoms with Gasteiger partial charge in [-0.05, 0) is 23.8 Å². The molecule has 0 fully saturated rings. The van der Waals surface area contributed by atoms with Crippen molar-refractivity contribution in [3.63, 3.8) is 0 Å². The van der Waals surface area contributed by atoms with E-state index in [9.17, 15) is 5.11 Å². The highest BCUT2D eigenvalue weighted by Crippen LogP contribution is 2.17. The second-order valence-electron chi connectivity index (χ2n) is 3.10. The van der Waals surface area contributed by atoms with Crippen LogP contribution in [0.5, 0.6) is 0 Å². The van der Waals surface area contributed by atoms with Gasteiger partial charge in [-0.3, -0.25) is 4.98 Å². The van der Waals surface area contributed by atoms with Crippen LogP contribution in [0.15, 0.2) is 47.3 Å². The molecule has 2 aromatic rings. The van der Waals surface area contributed by atoms with Crippen LogP contribution in [0.2, 0.25) is 0 Å². The summed E-state index contributed by atoms with van der Waals surface area (Å²) in [4.78, 5) is 3.98. The smallest absolute Gasteiger partial charge is 0.132 e. The summed E-state index contributed by atoms with van der Waals surface area (Å²) < 4.78 is 5.10. The molecule has 1 unspecified atom stereocenters. The van der Waals surface area contributed by atoms with Crippen LogP contribution in [0.25, 0.3) is 0 Å². The fraction of sp³-hybridized carbons (Fsp3) is 0.182. The van der Waals surface area contributed by atoms with Gasteiger partial charge in [0.25, 0.3) is 0 Å². The van der Waals surface area contributed by atoms with Crippen molar-refractivity contribution in [3.05, 3.63) is 54.2 Å². The third kappa shape index (κ3) is 2.00. The SMILES string of the molecule is OC(Cc1cccnc1)c1ccco1. The van der Waals surface area contributed by atoms with Crippen LogP contribution in [0, 0.1) is 0 Å². The van der Waals surface area contributed by atoms with Crippen LogP contribution in [0.1, 0.15) is 17.4 Å². The molecule has 0 aromatic carbocycles. The molecule has 2 heterocycles. The first kappa shape index (κ1) is 8.97. The summed E-state index contributed by atoms with van der Waals surface area (Å²) in [7, 11) is 0. The Morgan fingerprint density at radius 2 is 2.29 bits per heavy atom. The fourth-order valence-corrected chi connectivity index (χ4v) is 1.32. The molecule has 0 radical (unpaired) electrons. The summed E-state index contributed by atoms with van der Waals surface area (Å²) in [6.07, 6.45) is 4.95. The molecule has 2 aromatic heterocycles. The van der Waals surface area contributed by atoms with Gasteiger partial charge in [0.05, 0.1) is 6.26 Å². The quantitative estimate of drug-likeness (QED) is 0.802. The molecule has 1 atom stereocenters. The third-order valence-corrected chi connectivity index (χ3v) is 2.02. The Labute approximate surface area is 82.0 Å². The minimum atomic E-state index is -0.589. The number of furan rings is 1. The topological polar surface area (TPSA) is 46.3 Å². The average molecular weight is 189 g/mol. The van der Waals surface area contributed by atoms with Gasteiger partial charge in [0, 0.05) is 18.8 Å². The van der Waals surface area contributed by atoms with E-state index < -0.39 is 6.10 Å². The van der Waals surface area contributed by atoms with Crippen LogP contribution in [-0.4, -0.2) is 10.1 Å². The Bertz CT molecular complexity index is 369. The molecule has 3 nitrogen and oxygen atoms in total. The number of hydrogen-bond donors (Lipinski definition) is 1. The summed E-state index contributed by atoms with van der Waals surface area (Å²) in [5.74, 6) is 0.592. The zero-order valence-electron chi connectivity index (χ0n) is 7.63. The largest absolute Gasteiger partial charge is 0.467 e. The van der Waals surface area contributed by atoms with E-state index in [1.165, 1.54) is 0 Å². The molecule has 0 amide bonds. The molecule has 0 saturated carbocycles. The normalized spacial score (nSPS) is 12.6. The van der Waals surface area contributed by atoms with E-state index in [0.29, 0.717) is 12.2 Å². The summed E-state index contributed by atoms with van der Waals surface area (Å²) in [6, 6.07) is 7.31. The van der Waals surface area contributed by atoms with E-state index in [4.69, 9.17) is 4.42 Å². The summed E-state index contributed by atoms with van der Waals surface area (Å²) in [5, 5.41) is 9.74. The zero-order valence-corrected chi connectivity index (χ0v) is 7.63. The summed E-state index contributed by atoms with van der Waals surface area (Å²) in [6.45, 7) is 0. The van der Waals surface area contributed by atoms with Crippen molar-refractivity contribution in [2.45, 2.75) is 12.5 Å². The van der Waals surface area contributed by atoms with E-state index in [0.717, 1.165) is 5.56 Å². The highest BCUT2D eigenvalue weighted by atomic mass is 16.4. The van der Waals surface area contributed by atoms with Gasteiger partial charge in [-0.2, -0.15) is 0 Å². The van der Waals surface area contributed by atoms with Crippen molar-refractivity contribution >= 4 is 0 Å². The van der Waals surface area contributed by atoms with Crippen LogP contribution in [0.3, 0.4) is 0 Å². The molecule has 0 aliphatic heterocycles. The lowest BCUT2D eigenvalue weighted by molar-refractivity contribution is 0.150. The Balaban J connectivity index is 2.06. The second-order valence-corrected chi connectivity index (χ2v) is 3.10. The van der Waals surface area contributed by atoms with Crippen LogP contribution in [-0.2, 0) is 6.42 Å². The maximum atomic E-state index is 9.74. The number of nitrogens with zero attached hydrogens (tertiary/aromatic N) is 1. The van der Waals surface area contributed by atoms with E-state index >= 15 is 0 Å². The Morgan fingerprint density at radius 1 is 1.36 bits per heavy atom. The van der Waals surface area contributed by atoms with Crippen LogP contribution in [0.4, 0.5) is 0 Å². The highest BCUT2D eigenvalue weighted by molar-refractivity contribution is 5.13. The molecule has 0 bridgehead atoms. The van der Waals surface area contributed by atoms with E-state index in [1.807, 2.05) is 12.1 Å². The lowest BCUT2D eigenvalue weighted by Gasteiger charge is -2.06. The molecule has 72 valence electrons. The highest BCUT2D eigenvalue weighted by Gasteiger charge is 2.10. The lowest BCUT2D eigenvalue weighted by atomic mass is 10.1.